The van der Waals surface area contributed by atoms with Crippen LogP contribution in [0.2, 0.25) is 0 Å². The summed E-state index contributed by atoms with van der Waals surface area (Å²) in [6.45, 7) is -1.47. The molecule has 17 heteroatoms. The number of nitrogens with zero attached hydrogens (tertiary/aromatic N) is 4. The van der Waals surface area contributed by atoms with Crippen LogP contribution in [-0.4, -0.2) is 70.9 Å². The predicted molar refractivity (Wildman–Crippen MR) is 172 cm³/mol. The van der Waals surface area contributed by atoms with Crippen LogP contribution in [0.25, 0.3) is 0 Å². The summed E-state index contributed by atoms with van der Waals surface area (Å²) in [6, 6.07) is 20.6. The highest BCUT2D eigenvalue weighted by atomic mass is 16.6. The Labute approximate surface area is 271 Å². The molecular formula is C31H27N9O8. The molecule has 5 amide bonds. The minimum Gasteiger partial charge on any atom is -0.350 e. The van der Waals surface area contributed by atoms with Crippen LogP contribution in [0.1, 0.15) is 15.9 Å². The van der Waals surface area contributed by atoms with E-state index in [2.05, 4.69) is 36.6 Å². The van der Waals surface area contributed by atoms with Crippen LogP contribution in [0, 0.1) is 10.1 Å². The summed E-state index contributed by atoms with van der Waals surface area (Å²) in [5, 5.41) is 24.1. The number of amides is 5. The molecule has 0 aliphatic heterocycles. The fourth-order valence-corrected chi connectivity index (χ4v) is 4.20. The molecule has 0 saturated carbocycles. The second-order valence-corrected chi connectivity index (χ2v) is 9.62. The van der Waals surface area contributed by atoms with Crippen molar-refractivity contribution in [2.45, 2.75) is 0 Å². The lowest BCUT2D eigenvalue weighted by atomic mass is 10.0. The third-order valence-corrected chi connectivity index (χ3v) is 6.44. The number of nitro groups is 1. The summed E-state index contributed by atoms with van der Waals surface area (Å²) in [7, 11) is 0. The Morgan fingerprint density at radius 3 is 2.17 bits per heavy atom. The molecule has 4 aromatic rings. The number of hydrogen-bond donors (Lipinski definition) is 5. The Hall–Kier alpha value is -7.04. The normalized spacial score (nSPS) is 10.2. The highest BCUT2D eigenvalue weighted by Gasteiger charge is 2.26. The number of rotatable bonds is 16. The second-order valence-electron chi connectivity index (χ2n) is 9.62. The zero-order valence-corrected chi connectivity index (χ0v) is 24.9. The first-order valence-electron chi connectivity index (χ1n) is 14.0. The molecule has 0 atom stereocenters. The SMILES string of the molecule is O=CNCC(=O)NCC(=O)NCC(=O)N(c1ccc(NC=O)cc1)c1ncc([N+](=O)[O-])c(Nc2ccccc2C(=O)c2ccccc2)n1. The van der Waals surface area contributed by atoms with Crippen LogP contribution in [0.3, 0.4) is 0 Å². The van der Waals surface area contributed by atoms with E-state index >= 15 is 0 Å². The molecule has 4 rings (SSSR count). The molecule has 1 aromatic heterocycles. The Bertz CT molecular complexity index is 1840. The van der Waals surface area contributed by atoms with Crippen molar-refractivity contribution in [3.63, 3.8) is 0 Å². The van der Waals surface area contributed by atoms with Crippen LogP contribution in [-0.2, 0) is 24.0 Å². The summed E-state index contributed by atoms with van der Waals surface area (Å²) >= 11 is 0. The van der Waals surface area contributed by atoms with E-state index in [9.17, 15) is 38.9 Å². The van der Waals surface area contributed by atoms with Gasteiger partial charge < -0.3 is 26.6 Å². The minimum absolute atomic E-state index is 0.165. The van der Waals surface area contributed by atoms with Crippen molar-refractivity contribution < 1.29 is 33.7 Å². The van der Waals surface area contributed by atoms with Gasteiger partial charge in [0.05, 0.1) is 35.9 Å². The van der Waals surface area contributed by atoms with E-state index in [-0.39, 0.29) is 41.0 Å². The van der Waals surface area contributed by atoms with E-state index in [0.717, 1.165) is 11.1 Å². The zero-order chi connectivity index (χ0) is 34.5. The van der Waals surface area contributed by atoms with Gasteiger partial charge >= 0.3 is 5.69 Å². The molecule has 5 N–H and O–H groups in total. The number of aromatic nitrogens is 2. The van der Waals surface area contributed by atoms with Crippen molar-refractivity contribution in [2.24, 2.45) is 0 Å². The van der Waals surface area contributed by atoms with Gasteiger partial charge in [-0.3, -0.25) is 38.9 Å². The number of hydrogen-bond acceptors (Lipinski definition) is 11. The van der Waals surface area contributed by atoms with Crippen LogP contribution in [0.5, 0.6) is 0 Å². The molecule has 48 heavy (non-hydrogen) atoms. The maximum atomic E-state index is 13.6. The van der Waals surface area contributed by atoms with E-state index in [4.69, 9.17) is 0 Å². The monoisotopic (exact) mass is 653 g/mol. The molecule has 17 nitrogen and oxygen atoms in total. The van der Waals surface area contributed by atoms with Crippen molar-refractivity contribution in [2.75, 3.05) is 35.2 Å². The highest BCUT2D eigenvalue weighted by Crippen LogP contribution is 2.32. The molecule has 0 radical (unpaired) electrons. The Balaban J connectivity index is 1.66. The second kappa shape index (κ2) is 16.3. The largest absolute Gasteiger partial charge is 0.350 e. The lowest BCUT2D eigenvalue weighted by molar-refractivity contribution is -0.384. The quantitative estimate of drug-likeness (QED) is 0.0504. The number of benzene rings is 3. The van der Waals surface area contributed by atoms with Gasteiger partial charge in [-0.25, -0.2) is 9.88 Å². The Kier molecular flexibility index (Phi) is 11.5. The maximum Gasteiger partial charge on any atom is 0.329 e. The molecule has 3 aromatic carbocycles. The first-order valence-corrected chi connectivity index (χ1v) is 14.0. The summed E-state index contributed by atoms with van der Waals surface area (Å²) < 4.78 is 0. The lowest BCUT2D eigenvalue weighted by Crippen LogP contribution is -2.44. The third kappa shape index (κ3) is 8.78. The van der Waals surface area contributed by atoms with Gasteiger partial charge in [0.1, 0.15) is 6.20 Å². The van der Waals surface area contributed by atoms with Crippen molar-refractivity contribution in [3.8, 4) is 0 Å². The maximum absolute atomic E-state index is 13.6. The molecule has 1 heterocycles. The van der Waals surface area contributed by atoms with Crippen molar-refractivity contribution >= 4 is 70.8 Å². The molecule has 0 aliphatic rings. The molecule has 244 valence electrons. The lowest BCUT2D eigenvalue weighted by Gasteiger charge is -2.22. The van der Waals surface area contributed by atoms with Gasteiger partial charge in [0.2, 0.25) is 36.4 Å². The summed E-state index contributed by atoms with van der Waals surface area (Å²) in [5.41, 5.74) is 0.763. The summed E-state index contributed by atoms with van der Waals surface area (Å²) in [5.74, 6) is -3.19. The number of ketones is 1. The van der Waals surface area contributed by atoms with Crippen LogP contribution in [0.15, 0.2) is 85.1 Å². The fourth-order valence-electron chi connectivity index (χ4n) is 4.20. The molecule has 0 bridgehead atoms. The first-order chi connectivity index (χ1) is 23.2. The summed E-state index contributed by atoms with van der Waals surface area (Å²) in [6.07, 6.45) is 1.66. The number of nitrogens with one attached hydrogen (secondary N) is 5. The Morgan fingerprint density at radius 1 is 0.812 bits per heavy atom. The van der Waals surface area contributed by atoms with Gasteiger partial charge in [-0.05, 0) is 36.4 Å². The Morgan fingerprint density at radius 2 is 1.48 bits per heavy atom. The predicted octanol–water partition coefficient (Wildman–Crippen LogP) is 1.57. The smallest absolute Gasteiger partial charge is 0.329 e. The molecular weight excluding hydrogens is 626 g/mol. The van der Waals surface area contributed by atoms with Gasteiger partial charge in [0.25, 0.3) is 5.91 Å². The summed E-state index contributed by atoms with van der Waals surface area (Å²) in [4.78, 5) is 92.6. The number of carbonyl (C=O) groups excluding carboxylic acids is 6. The molecule has 0 spiro atoms. The van der Waals surface area contributed by atoms with Gasteiger partial charge in [-0.1, -0.05) is 42.5 Å². The number of carbonyl (C=O) groups is 6. The fraction of sp³-hybridized carbons (Fsp3) is 0.0968. The molecule has 0 saturated heterocycles. The van der Waals surface area contributed by atoms with Gasteiger partial charge in [-0.15, -0.1) is 0 Å². The topological polar surface area (TPSA) is 235 Å². The van der Waals surface area contributed by atoms with E-state index < -0.39 is 41.4 Å². The first kappa shape index (κ1) is 33.8. The van der Waals surface area contributed by atoms with Gasteiger partial charge in [-0.2, -0.15) is 4.98 Å². The van der Waals surface area contributed by atoms with Gasteiger partial charge in [0, 0.05) is 16.8 Å². The number of para-hydroxylation sites is 1. The molecule has 0 unspecified atom stereocenters. The van der Waals surface area contributed by atoms with Crippen LogP contribution in [0.4, 0.5) is 34.5 Å². The third-order valence-electron chi connectivity index (χ3n) is 6.44. The average molecular weight is 654 g/mol. The van der Waals surface area contributed by atoms with E-state index in [1.807, 2.05) is 0 Å². The van der Waals surface area contributed by atoms with E-state index in [0.29, 0.717) is 24.1 Å². The van der Waals surface area contributed by atoms with E-state index in [1.54, 1.807) is 48.5 Å². The van der Waals surface area contributed by atoms with Crippen LogP contribution >= 0.6 is 0 Å². The molecule has 0 aliphatic carbocycles. The van der Waals surface area contributed by atoms with Crippen molar-refractivity contribution in [1.82, 2.24) is 25.9 Å². The molecule has 0 fully saturated rings. The average Bonchev–Trinajstić information content (AvgIpc) is 3.10. The van der Waals surface area contributed by atoms with Crippen molar-refractivity contribution in [3.05, 3.63) is 106 Å². The zero-order valence-electron chi connectivity index (χ0n) is 24.9. The van der Waals surface area contributed by atoms with Crippen molar-refractivity contribution in [1.29, 1.82) is 0 Å². The highest BCUT2D eigenvalue weighted by molar-refractivity contribution is 6.12. The standard InChI is InChI=1S/C31H27N9O8/c41-18-32-15-26(43)33-16-27(44)34-17-28(45)39(22-12-10-21(11-13-22)36-19-42)31-35-14-25(40(47)48)30(38-31)37-24-9-5-4-8-23(24)29(46)20-6-2-1-3-7-20/h1-14,18-19H,15-17H2,(H,32,41)(H,33,43)(H,34,44)(H,36,42)(H,35,37,38). The van der Waals surface area contributed by atoms with E-state index in [1.165, 1.54) is 30.3 Å². The number of anilines is 5. The van der Waals surface area contributed by atoms with Gasteiger partial charge in [0.15, 0.2) is 5.78 Å². The van der Waals surface area contributed by atoms with Crippen LogP contribution < -0.4 is 31.5 Å². The minimum atomic E-state index is -0.784.